The van der Waals surface area contributed by atoms with E-state index >= 15 is 0 Å². The molecule has 0 radical (unpaired) electrons. The topological polar surface area (TPSA) is 76.7 Å². The second kappa shape index (κ2) is 10.6. The van der Waals surface area contributed by atoms with Crippen LogP contribution in [0.2, 0.25) is 0 Å². The van der Waals surface area contributed by atoms with Gasteiger partial charge in [-0.2, -0.15) is 13.2 Å². The van der Waals surface area contributed by atoms with Crippen LogP contribution in [0.15, 0.2) is 72.8 Å². The summed E-state index contributed by atoms with van der Waals surface area (Å²) in [4.78, 5) is 24.9. The number of benzene rings is 3. The summed E-state index contributed by atoms with van der Waals surface area (Å²) >= 11 is 0. The fraction of sp³-hybridized carbons (Fsp3) is 0.120. The van der Waals surface area contributed by atoms with Gasteiger partial charge in [0.05, 0.1) is 31.2 Å². The van der Waals surface area contributed by atoms with E-state index in [0.717, 1.165) is 18.2 Å². The molecule has 3 rings (SSSR count). The minimum Gasteiger partial charge on any atom is -0.494 e. The molecule has 9 heteroatoms. The number of anilines is 2. The van der Waals surface area contributed by atoms with E-state index in [9.17, 15) is 22.8 Å². The Labute approximate surface area is 194 Å². The molecular weight excluding hydrogens is 449 g/mol. The lowest BCUT2D eigenvalue weighted by atomic mass is 10.1. The number of rotatable bonds is 7. The number of ether oxygens (including phenoxy) is 2. The van der Waals surface area contributed by atoms with Crippen molar-refractivity contribution in [3.8, 4) is 11.5 Å². The maximum Gasteiger partial charge on any atom is 0.416 e. The normalized spacial score (nSPS) is 11.2. The molecule has 3 aromatic rings. The lowest BCUT2D eigenvalue weighted by Gasteiger charge is -2.16. The number of hydrogen-bond acceptors (Lipinski definition) is 4. The van der Waals surface area contributed by atoms with Gasteiger partial charge in [-0.15, -0.1) is 0 Å². The van der Waals surface area contributed by atoms with Gasteiger partial charge in [-0.3, -0.25) is 9.59 Å². The van der Waals surface area contributed by atoms with Crippen LogP contribution in [0.3, 0.4) is 0 Å². The van der Waals surface area contributed by atoms with E-state index in [2.05, 4.69) is 10.6 Å². The fourth-order valence-electron chi connectivity index (χ4n) is 3.04. The molecule has 0 aliphatic rings. The van der Waals surface area contributed by atoms with Crippen LogP contribution in [0.4, 0.5) is 24.5 Å². The first-order chi connectivity index (χ1) is 16.2. The summed E-state index contributed by atoms with van der Waals surface area (Å²) in [5.41, 5.74) is 0.421. The Hall–Kier alpha value is -4.27. The Bertz CT molecular complexity index is 1210. The Morgan fingerprint density at radius 3 is 2.03 bits per heavy atom. The smallest absolute Gasteiger partial charge is 0.416 e. The van der Waals surface area contributed by atoms with Gasteiger partial charge >= 0.3 is 6.18 Å². The predicted molar refractivity (Wildman–Crippen MR) is 123 cm³/mol. The molecule has 0 saturated carbocycles. The second-order valence-corrected chi connectivity index (χ2v) is 7.02. The average molecular weight is 470 g/mol. The Balaban J connectivity index is 1.78. The van der Waals surface area contributed by atoms with Crippen LogP contribution in [0.5, 0.6) is 11.5 Å². The van der Waals surface area contributed by atoms with Crippen molar-refractivity contribution >= 4 is 29.3 Å². The average Bonchev–Trinajstić information content (AvgIpc) is 2.83. The number of amides is 2. The molecular formula is C25H21F3N2O4. The lowest BCUT2D eigenvalue weighted by molar-refractivity contribution is -0.137. The largest absolute Gasteiger partial charge is 0.494 e. The molecule has 2 N–H and O–H groups in total. The van der Waals surface area contributed by atoms with Crippen molar-refractivity contribution in [3.05, 3.63) is 89.5 Å². The number of halogens is 3. The minimum absolute atomic E-state index is 0.216. The maximum absolute atomic E-state index is 12.9. The highest BCUT2D eigenvalue weighted by Gasteiger charge is 2.30. The fourth-order valence-corrected chi connectivity index (χ4v) is 3.04. The molecule has 0 aliphatic carbocycles. The maximum atomic E-state index is 12.9. The summed E-state index contributed by atoms with van der Waals surface area (Å²) in [6.45, 7) is 0. The van der Waals surface area contributed by atoms with Crippen LogP contribution in [0.25, 0.3) is 6.08 Å². The molecule has 0 saturated heterocycles. The van der Waals surface area contributed by atoms with E-state index in [0.29, 0.717) is 11.3 Å². The van der Waals surface area contributed by atoms with E-state index in [1.165, 1.54) is 44.6 Å². The SMILES string of the molecule is COc1cc(NC(=O)c2ccccc2)c(OC)cc1NC(=O)/C=C/c1cccc(C(F)(F)F)c1. The first kappa shape index (κ1) is 24.4. The van der Waals surface area contributed by atoms with Gasteiger partial charge < -0.3 is 20.1 Å². The molecule has 3 aromatic carbocycles. The Kier molecular flexibility index (Phi) is 7.57. The highest BCUT2D eigenvalue weighted by atomic mass is 19.4. The van der Waals surface area contributed by atoms with Crippen molar-refractivity contribution in [2.45, 2.75) is 6.18 Å². The molecule has 0 aliphatic heterocycles. The van der Waals surface area contributed by atoms with Crippen LogP contribution < -0.4 is 20.1 Å². The second-order valence-electron chi connectivity index (χ2n) is 7.02. The zero-order chi connectivity index (χ0) is 24.7. The third-order valence-electron chi connectivity index (χ3n) is 4.70. The summed E-state index contributed by atoms with van der Waals surface area (Å²) in [5.74, 6) is -0.451. The first-order valence-corrected chi connectivity index (χ1v) is 10.00. The molecule has 2 amide bonds. The van der Waals surface area contributed by atoms with Gasteiger partial charge in [0.15, 0.2) is 0 Å². The van der Waals surface area contributed by atoms with Gasteiger partial charge in [0.25, 0.3) is 5.91 Å². The van der Waals surface area contributed by atoms with Crippen LogP contribution >= 0.6 is 0 Å². The van der Waals surface area contributed by atoms with E-state index in [-0.39, 0.29) is 28.7 Å². The van der Waals surface area contributed by atoms with Crippen molar-refractivity contribution < 1.29 is 32.2 Å². The highest BCUT2D eigenvalue weighted by molar-refractivity contribution is 6.06. The molecule has 0 heterocycles. The summed E-state index contributed by atoms with van der Waals surface area (Å²) < 4.78 is 49.2. The van der Waals surface area contributed by atoms with Gasteiger partial charge in [-0.05, 0) is 35.9 Å². The monoisotopic (exact) mass is 470 g/mol. The zero-order valence-electron chi connectivity index (χ0n) is 18.3. The van der Waals surface area contributed by atoms with Crippen LogP contribution in [0.1, 0.15) is 21.5 Å². The number of hydrogen-bond donors (Lipinski definition) is 2. The van der Waals surface area contributed by atoms with Crippen molar-refractivity contribution in [2.75, 3.05) is 24.9 Å². The number of carbonyl (C=O) groups excluding carboxylic acids is 2. The first-order valence-electron chi connectivity index (χ1n) is 10.00. The number of nitrogens with one attached hydrogen (secondary N) is 2. The van der Waals surface area contributed by atoms with Crippen molar-refractivity contribution in [1.29, 1.82) is 0 Å². The van der Waals surface area contributed by atoms with E-state index in [1.807, 2.05) is 0 Å². The number of carbonyl (C=O) groups is 2. The molecule has 0 atom stereocenters. The standard InChI is InChI=1S/C25H21F3N2O4/c1-33-21-15-20(30-24(32)17-8-4-3-5-9-17)22(34-2)14-19(21)29-23(31)12-11-16-7-6-10-18(13-16)25(26,27)28/h3-15H,1-2H3,(H,29,31)(H,30,32)/b12-11+. The molecule has 0 aromatic heterocycles. The molecule has 6 nitrogen and oxygen atoms in total. The van der Waals surface area contributed by atoms with Gasteiger partial charge in [-0.25, -0.2) is 0 Å². The van der Waals surface area contributed by atoms with Gasteiger partial charge in [-0.1, -0.05) is 30.3 Å². The summed E-state index contributed by atoms with van der Waals surface area (Å²) in [6.07, 6.45) is -2.11. The quantitative estimate of drug-likeness (QED) is 0.439. The van der Waals surface area contributed by atoms with Gasteiger partial charge in [0.1, 0.15) is 11.5 Å². The molecule has 0 bridgehead atoms. The molecule has 0 spiro atoms. The Morgan fingerprint density at radius 2 is 1.44 bits per heavy atom. The van der Waals surface area contributed by atoms with Crippen LogP contribution in [0, 0.1) is 0 Å². The minimum atomic E-state index is -4.48. The Morgan fingerprint density at radius 1 is 0.824 bits per heavy atom. The van der Waals surface area contributed by atoms with Crippen molar-refractivity contribution in [2.24, 2.45) is 0 Å². The van der Waals surface area contributed by atoms with Crippen LogP contribution in [-0.2, 0) is 11.0 Å². The van der Waals surface area contributed by atoms with E-state index < -0.39 is 17.6 Å². The third kappa shape index (κ3) is 6.16. The predicted octanol–water partition coefficient (Wildman–Crippen LogP) is 5.63. The van der Waals surface area contributed by atoms with E-state index in [1.54, 1.807) is 30.3 Å². The van der Waals surface area contributed by atoms with E-state index in [4.69, 9.17) is 9.47 Å². The number of methoxy groups -OCH3 is 2. The van der Waals surface area contributed by atoms with Crippen LogP contribution in [-0.4, -0.2) is 26.0 Å². The summed E-state index contributed by atoms with van der Waals surface area (Å²) in [7, 11) is 2.79. The highest BCUT2D eigenvalue weighted by Crippen LogP contribution is 2.37. The van der Waals surface area contributed by atoms with Crippen molar-refractivity contribution in [1.82, 2.24) is 0 Å². The van der Waals surface area contributed by atoms with Gasteiger partial charge in [0.2, 0.25) is 5.91 Å². The zero-order valence-corrected chi connectivity index (χ0v) is 18.3. The van der Waals surface area contributed by atoms with Crippen molar-refractivity contribution in [3.63, 3.8) is 0 Å². The summed E-state index contributed by atoms with van der Waals surface area (Å²) in [6, 6.07) is 16.1. The number of alkyl halides is 3. The molecule has 176 valence electrons. The molecule has 34 heavy (non-hydrogen) atoms. The van der Waals surface area contributed by atoms with Gasteiger partial charge in [0, 0.05) is 23.8 Å². The third-order valence-corrected chi connectivity index (χ3v) is 4.70. The summed E-state index contributed by atoms with van der Waals surface area (Å²) in [5, 5.41) is 5.33. The lowest BCUT2D eigenvalue weighted by Crippen LogP contribution is -2.14. The molecule has 0 unspecified atom stereocenters. The molecule has 0 fully saturated rings.